The fourth-order valence-electron chi connectivity index (χ4n) is 3.64. The van der Waals surface area contributed by atoms with Crippen LogP contribution in [0.1, 0.15) is 36.7 Å². The zero-order valence-corrected chi connectivity index (χ0v) is 13.0. The first-order chi connectivity index (χ1) is 11.1. The molecule has 0 spiro atoms. The van der Waals surface area contributed by atoms with Crippen molar-refractivity contribution in [2.45, 2.75) is 43.4 Å². The molecule has 0 atom stereocenters. The minimum absolute atomic E-state index is 0.00600. The molecule has 2 heterocycles. The summed E-state index contributed by atoms with van der Waals surface area (Å²) in [5.41, 5.74) is -1.78. The summed E-state index contributed by atoms with van der Waals surface area (Å²) in [6.45, 7) is 1.65. The van der Waals surface area contributed by atoms with Crippen LogP contribution in [0.4, 0.5) is 13.2 Å². The number of rotatable bonds is 3. The number of alkyl halides is 3. The molecule has 1 aliphatic carbocycles. The molecular weight excluding hydrogens is 321 g/mol. The van der Waals surface area contributed by atoms with Crippen LogP contribution in [0.3, 0.4) is 0 Å². The largest absolute Gasteiger partial charge is 0.506 e. The molecule has 3 rings (SSSR count). The Morgan fingerprint density at radius 3 is 2.46 bits per heavy atom. The molecule has 24 heavy (non-hydrogen) atoms. The zero-order chi connectivity index (χ0) is 17.6. The lowest BCUT2D eigenvalue weighted by atomic mass is 9.55. The smallest absolute Gasteiger partial charge is 0.433 e. The highest BCUT2D eigenvalue weighted by atomic mass is 19.4. The average Bonchev–Trinajstić information content (AvgIpc) is 2.47. The molecule has 0 saturated heterocycles. The van der Waals surface area contributed by atoms with E-state index in [0.717, 1.165) is 12.3 Å². The minimum Gasteiger partial charge on any atom is -0.506 e. The van der Waals surface area contributed by atoms with Crippen molar-refractivity contribution in [3.63, 3.8) is 0 Å². The Kier molecular flexibility index (Phi) is 3.79. The Morgan fingerprint density at radius 2 is 1.88 bits per heavy atom. The number of pyridine rings is 2. The lowest BCUT2D eigenvalue weighted by Crippen LogP contribution is -2.54. The van der Waals surface area contributed by atoms with Crippen LogP contribution in [0.15, 0.2) is 36.7 Å². The van der Waals surface area contributed by atoms with Gasteiger partial charge in [0.2, 0.25) is 0 Å². The van der Waals surface area contributed by atoms with Gasteiger partial charge in [0, 0.05) is 24.2 Å². The van der Waals surface area contributed by atoms with Crippen molar-refractivity contribution in [3.8, 4) is 5.75 Å². The van der Waals surface area contributed by atoms with E-state index in [-0.39, 0.29) is 25.0 Å². The summed E-state index contributed by atoms with van der Waals surface area (Å²) in [7, 11) is 0. The number of nitrogens with zero attached hydrogens (tertiary/aromatic N) is 2. The molecule has 0 unspecified atom stereocenters. The van der Waals surface area contributed by atoms with Crippen LogP contribution < -0.4 is 0 Å². The van der Waals surface area contributed by atoms with Crippen LogP contribution in [0.25, 0.3) is 0 Å². The van der Waals surface area contributed by atoms with E-state index in [0.29, 0.717) is 11.3 Å². The van der Waals surface area contributed by atoms with Gasteiger partial charge in [-0.15, -0.1) is 0 Å². The topological polar surface area (TPSA) is 66.2 Å². The van der Waals surface area contributed by atoms with Gasteiger partial charge < -0.3 is 10.2 Å². The van der Waals surface area contributed by atoms with Gasteiger partial charge >= 0.3 is 6.18 Å². The van der Waals surface area contributed by atoms with E-state index in [1.807, 2.05) is 0 Å². The summed E-state index contributed by atoms with van der Waals surface area (Å²) < 4.78 is 38.9. The Hall–Kier alpha value is -2.15. The standard InChI is InChI=1S/C17H17F3N2O2/c1-15(24)9-16(10-15,8-12-13(23)3-2-5-21-12)11-4-6-22-14(7-11)17(18,19)20/h2-7,23-24H,8-10H2,1H3. The number of hydrogen-bond acceptors (Lipinski definition) is 4. The van der Waals surface area contributed by atoms with Crippen LogP contribution in [0, 0.1) is 0 Å². The summed E-state index contributed by atoms with van der Waals surface area (Å²) in [5.74, 6) is -0.00600. The second-order valence-corrected chi connectivity index (χ2v) is 6.70. The Bertz CT molecular complexity index is 751. The molecule has 128 valence electrons. The predicted octanol–water partition coefficient (Wildman–Crippen LogP) is 3.23. The molecule has 0 bridgehead atoms. The van der Waals surface area contributed by atoms with Crippen LogP contribution >= 0.6 is 0 Å². The molecule has 0 radical (unpaired) electrons. The third kappa shape index (κ3) is 3.08. The Balaban J connectivity index is 2.00. The van der Waals surface area contributed by atoms with Crippen LogP contribution in [-0.4, -0.2) is 25.8 Å². The first-order valence-electron chi connectivity index (χ1n) is 7.50. The minimum atomic E-state index is -4.53. The molecule has 0 aliphatic heterocycles. The molecule has 2 N–H and O–H groups in total. The second kappa shape index (κ2) is 5.44. The van der Waals surface area contributed by atoms with E-state index in [4.69, 9.17) is 0 Å². The van der Waals surface area contributed by atoms with Crippen molar-refractivity contribution >= 4 is 0 Å². The summed E-state index contributed by atoms with van der Waals surface area (Å²) in [5, 5.41) is 20.1. The first kappa shape index (κ1) is 16.7. The second-order valence-electron chi connectivity index (χ2n) is 6.70. The van der Waals surface area contributed by atoms with Gasteiger partial charge in [-0.05, 0) is 49.6 Å². The molecule has 4 nitrogen and oxygen atoms in total. The predicted molar refractivity (Wildman–Crippen MR) is 80.4 cm³/mol. The van der Waals surface area contributed by atoms with Crippen molar-refractivity contribution in [3.05, 3.63) is 53.6 Å². The first-order valence-corrected chi connectivity index (χ1v) is 7.50. The van der Waals surface area contributed by atoms with Gasteiger partial charge in [-0.3, -0.25) is 9.97 Å². The summed E-state index contributed by atoms with van der Waals surface area (Å²) >= 11 is 0. The third-order valence-electron chi connectivity index (χ3n) is 4.47. The van der Waals surface area contributed by atoms with Crippen molar-refractivity contribution in [1.82, 2.24) is 9.97 Å². The van der Waals surface area contributed by atoms with Gasteiger partial charge in [-0.2, -0.15) is 13.2 Å². The number of hydrogen-bond donors (Lipinski definition) is 2. The molecule has 1 saturated carbocycles. The van der Waals surface area contributed by atoms with Crippen molar-refractivity contribution in [2.75, 3.05) is 0 Å². The number of aromatic nitrogens is 2. The summed E-state index contributed by atoms with van der Waals surface area (Å²) in [6.07, 6.45) is -1.05. The highest BCUT2D eigenvalue weighted by Crippen LogP contribution is 2.52. The van der Waals surface area contributed by atoms with Gasteiger partial charge in [0.1, 0.15) is 11.4 Å². The van der Waals surface area contributed by atoms with Crippen LogP contribution in [0.5, 0.6) is 5.75 Å². The number of aromatic hydroxyl groups is 1. The average molecular weight is 338 g/mol. The highest BCUT2D eigenvalue weighted by Gasteiger charge is 2.52. The molecule has 1 fully saturated rings. The van der Waals surface area contributed by atoms with Gasteiger partial charge in [-0.1, -0.05) is 0 Å². The lowest BCUT2D eigenvalue weighted by Gasteiger charge is -2.52. The number of halogens is 3. The van der Waals surface area contributed by atoms with Crippen molar-refractivity contribution in [2.24, 2.45) is 0 Å². The maximum atomic E-state index is 13.0. The van der Waals surface area contributed by atoms with Crippen LogP contribution in [-0.2, 0) is 18.0 Å². The van der Waals surface area contributed by atoms with E-state index in [1.54, 1.807) is 13.0 Å². The molecule has 1 aliphatic rings. The highest BCUT2D eigenvalue weighted by molar-refractivity contribution is 5.37. The monoisotopic (exact) mass is 338 g/mol. The maximum Gasteiger partial charge on any atom is 0.433 e. The fourth-order valence-corrected chi connectivity index (χ4v) is 3.64. The molecule has 7 heteroatoms. The van der Waals surface area contributed by atoms with Crippen molar-refractivity contribution in [1.29, 1.82) is 0 Å². The molecule has 2 aromatic rings. The van der Waals surface area contributed by atoms with Gasteiger partial charge in [0.05, 0.1) is 11.3 Å². The normalized spacial score (nSPS) is 26.9. The van der Waals surface area contributed by atoms with Crippen LogP contribution in [0.2, 0.25) is 0 Å². The SMILES string of the molecule is CC1(O)CC(Cc2ncccc2O)(c2ccnc(C(F)(F)F)c2)C1. The van der Waals surface area contributed by atoms with Gasteiger partial charge in [0.15, 0.2) is 0 Å². The summed E-state index contributed by atoms with van der Waals surface area (Å²) in [6, 6.07) is 5.62. The van der Waals surface area contributed by atoms with E-state index in [9.17, 15) is 23.4 Å². The Morgan fingerprint density at radius 1 is 1.17 bits per heavy atom. The summed E-state index contributed by atoms with van der Waals surface area (Å²) in [4.78, 5) is 7.51. The van der Waals surface area contributed by atoms with Crippen molar-refractivity contribution < 1.29 is 23.4 Å². The molecular formula is C17H17F3N2O2. The quantitative estimate of drug-likeness (QED) is 0.902. The molecule has 0 aromatic carbocycles. The zero-order valence-electron chi connectivity index (χ0n) is 13.0. The molecule has 0 amide bonds. The van der Waals surface area contributed by atoms with E-state index < -0.39 is 22.9 Å². The Labute approximate surface area is 137 Å². The van der Waals surface area contributed by atoms with Gasteiger partial charge in [-0.25, -0.2) is 0 Å². The van der Waals surface area contributed by atoms with E-state index >= 15 is 0 Å². The fraction of sp³-hybridized carbons (Fsp3) is 0.412. The van der Waals surface area contributed by atoms with E-state index in [1.165, 1.54) is 18.3 Å². The van der Waals surface area contributed by atoms with Gasteiger partial charge in [0.25, 0.3) is 0 Å². The lowest BCUT2D eigenvalue weighted by molar-refractivity contribution is -0.141. The van der Waals surface area contributed by atoms with E-state index in [2.05, 4.69) is 9.97 Å². The maximum absolute atomic E-state index is 13.0. The number of aliphatic hydroxyl groups is 1. The molecule has 2 aromatic heterocycles. The third-order valence-corrected chi connectivity index (χ3v) is 4.47.